The summed E-state index contributed by atoms with van der Waals surface area (Å²) in [6.45, 7) is 4.86. The number of anilines is 1. The first kappa shape index (κ1) is 15.8. The predicted molar refractivity (Wildman–Crippen MR) is 91.2 cm³/mol. The molecule has 0 radical (unpaired) electrons. The molecule has 2 N–H and O–H groups in total. The molecular weight excluding hydrogens is 291 g/mol. The number of para-hydroxylation sites is 1. The van der Waals surface area contributed by atoms with Crippen LogP contribution in [0.1, 0.15) is 24.9 Å². The maximum absolute atomic E-state index is 13.8. The number of nitrogens with one attached hydrogen (secondary N) is 1. The lowest BCUT2D eigenvalue weighted by atomic mass is 10.1. The van der Waals surface area contributed by atoms with Crippen molar-refractivity contribution in [2.24, 2.45) is 5.92 Å². The fraction of sp³-hybridized carbons (Fsp3) is 0.368. The van der Waals surface area contributed by atoms with Gasteiger partial charge in [-0.05, 0) is 49.6 Å². The first-order valence-electron chi connectivity index (χ1n) is 8.15. The zero-order chi connectivity index (χ0) is 16.2. The van der Waals surface area contributed by atoms with Crippen molar-refractivity contribution < 1.29 is 9.50 Å². The van der Waals surface area contributed by atoms with Gasteiger partial charge in [0.25, 0.3) is 0 Å². The van der Waals surface area contributed by atoms with E-state index in [0.717, 1.165) is 26.1 Å². The highest BCUT2D eigenvalue weighted by Crippen LogP contribution is 2.25. The van der Waals surface area contributed by atoms with Crippen molar-refractivity contribution in [2.75, 3.05) is 24.5 Å². The van der Waals surface area contributed by atoms with E-state index in [-0.39, 0.29) is 17.6 Å². The highest BCUT2D eigenvalue weighted by Gasteiger charge is 2.23. The van der Waals surface area contributed by atoms with Crippen molar-refractivity contribution in [3.8, 4) is 5.75 Å². The molecule has 2 atom stereocenters. The van der Waals surface area contributed by atoms with Crippen LogP contribution in [0.15, 0.2) is 48.5 Å². The standard InChI is InChI=1S/C19H23FN2O/c1-14(18-11-17(23)7-8-19(18)20)21-12-15-9-10-22(13-15)16-5-3-2-4-6-16/h2-8,11,14-15,21,23H,9-10,12-13H2,1H3. The maximum Gasteiger partial charge on any atom is 0.128 e. The van der Waals surface area contributed by atoms with Crippen molar-refractivity contribution in [2.45, 2.75) is 19.4 Å². The SMILES string of the molecule is CC(NCC1CCN(c2ccccc2)C1)c1cc(O)ccc1F. The zero-order valence-corrected chi connectivity index (χ0v) is 13.4. The number of aromatic hydroxyl groups is 1. The lowest BCUT2D eigenvalue weighted by Crippen LogP contribution is -2.28. The van der Waals surface area contributed by atoms with E-state index in [1.54, 1.807) is 0 Å². The molecule has 2 aromatic rings. The van der Waals surface area contributed by atoms with Gasteiger partial charge in [0.05, 0.1) is 0 Å². The van der Waals surface area contributed by atoms with Gasteiger partial charge in [-0.3, -0.25) is 0 Å². The van der Waals surface area contributed by atoms with Gasteiger partial charge in [-0.1, -0.05) is 18.2 Å². The average molecular weight is 314 g/mol. The van der Waals surface area contributed by atoms with Gasteiger partial charge in [-0.25, -0.2) is 4.39 Å². The van der Waals surface area contributed by atoms with Crippen molar-refractivity contribution >= 4 is 5.69 Å². The monoisotopic (exact) mass is 314 g/mol. The second-order valence-corrected chi connectivity index (χ2v) is 6.27. The molecule has 0 spiro atoms. The Kier molecular flexibility index (Phi) is 4.82. The third-order valence-corrected chi connectivity index (χ3v) is 4.57. The second kappa shape index (κ2) is 7.01. The maximum atomic E-state index is 13.8. The van der Waals surface area contributed by atoms with Crippen molar-refractivity contribution in [1.29, 1.82) is 0 Å². The summed E-state index contributed by atoms with van der Waals surface area (Å²) in [6, 6.07) is 14.5. The summed E-state index contributed by atoms with van der Waals surface area (Å²) in [5, 5.41) is 12.9. The molecule has 0 saturated carbocycles. The molecule has 4 heteroatoms. The molecule has 1 aliphatic rings. The van der Waals surface area contributed by atoms with Gasteiger partial charge in [0.15, 0.2) is 0 Å². The van der Waals surface area contributed by atoms with Gasteiger partial charge in [0, 0.05) is 36.9 Å². The molecule has 1 heterocycles. The Labute approximate surface area is 136 Å². The molecule has 1 aliphatic heterocycles. The molecule has 3 rings (SSSR count). The number of phenolic OH excluding ortho intramolecular Hbond substituents is 1. The fourth-order valence-corrected chi connectivity index (χ4v) is 3.19. The summed E-state index contributed by atoms with van der Waals surface area (Å²) in [6.07, 6.45) is 1.14. The van der Waals surface area contributed by atoms with Crippen LogP contribution in [0.2, 0.25) is 0 Å². The van der Waals surface area contributed by atoms with Crippen LogP contribution in [-0.4, -0.2) is 24.7 Å². The van der Waals surface area contributed by atoms with E-state index >= 15 is 0 Å². The minimum atomic E-state index is -0.278. The first-order valence-corrected chi connectivity index (χ1v) is 8.15. The first-order chi connectivity index (χ1) is 11.1. The largest absolute Gasteiger partial charge is 0.508 e. The molecule has 1 saturated heterocycles. The number of hydrogen-bond acceptors (Lipinski definition) is 3. The van der Waals surface area contributed by atoms with Crippen LogP contribution in [0.3, 0.4) is 0 Å². The summed E-state index contributed by atoms with van der Waals surface area (Å²) in [5.74, 6) is 0.379. The number of nitrogens with zero attached hydrogens (tertiary/aromatic N) is 1. The minimum absolute atomic E-state index is 0.103. The molecule has 0 aromatic heterocycles. The molecule has 3 nitrogen and oxygen atoms in total. The Morgan fingerprint density at radius 3 is 2.83 bits per heavy atom. The molecule has 1 fully saturated rings. The second-order valence-electron chi connectivity index (χ2n) is 6.27. The van der Waals surface area contributed by atoms with Crippen molar-refractivity contribution in [3.05, 3.63) is 59.9 Å². The summed E-state index contributed by atoms with van der Waals surface area (Å²) in [7, 11) is 0. The van der Waals surface area contributed by atoms with E-state index < -0.39 is 0 Å². The molecule has 23 heavy (non-hydrogen) atoms. The van der Waals surface area contributed by atoms with Gasteiger partial charge in [-0.15, -0.1) is 0 Å². The van der Waals surface area contributed by atoms with Gasteiger partial charge in [0.2, 0.25) is 0 Å². The van der Waals surface area contributed by atoms with E-state index in [1.165, 1.54) is 23.9 Å². The van der Waals surface area contributed by atoms with Crippen molar-refractivity contribution in [1.82, 2.24) is 5.32 Å². The lowest BCUT2D eigenvalue weighted by Gasteiger charge is -2.20. The highest BCUT2D eigenvalue weighted by atomic mass is 19.1. The van der Waals surface area contributed by atoms with Gasteiger partial charge >= 0.3 is 0 Å². The Morgan fingerprint density at radius 1 is 1.26 bits per heavy atom. The number of benzene rings is 2. The average Bonchev–Trinajstić information content (AvgIpc) is 3.05. The summed E-state index contributed by atoms with van der Waals surface area (Å²) < 4.78 is 13.8. The van der Waals surface area contributed by atoms with Crippen LogP contribution in [0.25, 0.3) is 0 Å². The van der Waals surface area contributed by atoms with Crippen LogP contribution in [0, 0.1) is 11.7 Å². The van der Waals surface area contributed by atoms with E-state index in [2.05, 4.69) is 34.5 Å². The molecule has 0 aliphatic carbocycles. The van der Waals surface area contributed by atoms with Gasteiger partial charge < -0.3 is 15.3 Å². The van der Waals surface area contributed by atoms with Crippen molar-refractivity contribution in [3.63, 3.8) is 0 Å². The van der Waals surface area contributed by atoms with Crippen LogP contribution in [-0.2, 0) is 0 Å². The molecule has 0 bridgehead atoms. The fourth-order valence-electron chi connectivity index (χ4n) is 3.19. The summed E-state index contributed by atoms with van der Waals surface area (Å²) in [4.78, 5) is 2.39. The Hall–Kier alpha value is -2.07. The van der Waals surface area contributed by atoms with Crippen LogP contribution >= 0.6 is 0 Å². The lowest BCUT2D eigenvalue weighted by molar-refractivity contribution is 0.448. The van der Waals surface area contributed by atoms with E-state index in [0.29, 0.717) is 11.5 Å². The molecular formula is C19H23FN2O. The molecule has 2 unspecified atom stereocenters. The Bertz CT molecular complexity index is 647. The summed E-state index contributed by atoms with van der Waals surface area (Å²) >= 11 is 0. The number of halogens is 1. The third kappa shape index (κ3) is 3.82. The molecule has 2 aromatic carbocycles. The predicted octanol–water partition coefficient (Wildman–Crippen LogP) is 3.71. The third-order valence-electron chi connectivity index (χ3n) is 4.57. The normalized spacial score (nSPS) is 19.0. The quantitative estimate of drug-likeness (QED) is 0.883. The Morgan fingerprint density at radius 2 is 2.04 bits per heavy atom. The number of phenols is 1. The zero-order valence-electron chi connectivity index (χ0n) is 13.4. The van der Waals surface area contributed by atoms with E-state index in [9.17, 15) is 9.50 Å². The van der Waals surface area contributed by atoms with Crippen LogP contribution in [0.4, 0.5) is 10.1 Å². The van der Waals surface area contributed by atoms with Crippen LogP contribution in [0.5, 0.6) is 5.75 Å². The smallest absolute Gasteiger partial charge is 0.128 e. The number of hydrogen-bond donors (Lipinski definition) is 2. The number of rotatable bonds is 5. The minimum Gasteiger partial charge on any atom is -0.508 e. The highest BCUT2D eigenvalue weighted by molar-refractivity contribution is 5.46. The van der Waals surface area contributed by atoms with E-state index in [4.69, 9.17) is 0 Å². The molecule has 122 valence electrons. The van der Waals surface area contributed by atoms with Gasteiger partial charge in [-0.2, -0.15) is 0 Å². The molecule has 0 amide bonds. The van der Waals surface area contributed by atoms with Crippen LogP contribution < -0.4 is 10.2 Å². The summed E-state index contributed by atoms with van der Waals surface area (Å²) in [5.41, 5.74) is 1.78. The van der Waals surface area contributed by atoms with Gasteiger partial charge in [0.1, 0.15) is 11.6 Å². The van der Waals surface area contributed by atoms with E-state index in [1.807, 2.05) is 13.0 Å². The topological polar surface area (TPSA) is 35.5 Å². The Balaban J connectivity index is 1.54.